The first kappa shape index (κ1) is 34.5. The molecule has 2 aliphatic carbocycles. The number of carbonyl (C=O) groups excluding carboxylic acids is 4. The van der Waals surface area contributed by atoms with Gasteiger partial charge in [-0.15, -0.1) is 0 Å². The Balaban J connectivity index is 1.25. The fourth-order valence-corrected chi connectivity index (χ4v) is 7.80. The van der Waals surface area contributed by atoms with Crippen LogP contribution in [0, 0.1) is 0 Å². The van der Waals surface area contributed by atoms with Crippen molar-refractivity contribution in [3.8, 4) is 0 Å². The summed E-state index contributed by atoms with van der Waals surface area (Å²) in [6, 6.07) is -1.11. The predicted molar refractivity (Wildman–Crippen MR) is 156 cm³/mol. The minimum atomic E-state index is -1.24. The van der Waals surface area contributed by atoms with Crippen molar-refractivity contribution >= 4 is 23.8 Å². The average Bonchev–Trinajstić information content (AvgIpc) is 3.55. The Morgan fingerprint density at radius 3 is 1.81 bits per heavy atom. The Bertz CT molecular complexity index is 1170. The molecule has 6 rings (SSSR count). The van der Waals surface area contributed by atoms with Crippen LogP contribution < -0.4 is 5.32 Å². The maximum absolute atomic E-state index is 12.4. The highest BCUT2D eigenvalue weighted by atomic mass is 16.9. The molecular formula is C32H47NO14. The molecule has 4 saturated heterocycles. The molecule has 0 aromatic heterocycles. The molecule has 2 spiro atoms. The van der Waals surface area contributed by atoms with Crippen LogP contribution in [0.2, 0.25) is 0 Å². The topological polar surface area (TPSA) is 173 Å². The molecule has 15 nitrogen and oxygen atoms in total. The third-order valence-corrected chi connectivity index (χ3v) is 9.70. The highest BCUT2D eigenvalue weighted by Crippen LogP contribution is 2.51. The summed E-state index contributed by atoms with van der Waals surface area (Å²) in [6.45, 7) is 4.46. The monoisotopic (exact) mass is 669 g/mol. The van der Waals surface area contributed by atoms with E-state index in [0.717, 1.165) is 64.2 Å². The number of amides is 1. The molecule has 10 atom stereocenters. The van der Waals surface area contributed by atoms with E-state index in [2.05, 4.69) is 5.32 Å². The Labute approximate surface area is 273 Å². The zero-order valence-electron chi connectivity index (χ0n) is 27.5. The fourth-order valence-electron chi connectivity index (χ4n) is 7.80. The molecule has 2 saturated carbocycles. The molecule has 1 amide bonds. The molecule has 6 aliphatic rings. The average molecular weight is 670 g/mol. The SMILES string of the molecule is CC(=O)N[C@@H]1[C@@H](OC[C@H]2O[C@H]3OC4(CCCCC4)O[C@@H]3[C@H]3OC4(CCCCC4)O[C@@H]32)O[C@@H](COC(C)=O)[C@@H](OC(C)=O)[C@@H]1OC(C)=O. The van der Waals surface area contributed by atoms with Gasteiger partial charge in [-0.2, -0.15) is 0 Å². The molecule has 0 radical (unpaired) electrons. The highest BCUT2D eigenvalue weighted by Gasteiger charge is 2.64. The van der Waals surface area contributed by atoms with Gasteiger partial charge in [-0.25, -0.2) is 0 Å². The molecule has 15 heteroatoms. The zero-order valence-corrected chi connectivity index (χ0v) is 27.5. The van der Waals surface area contributed by atoms with E-state index < -0.39 is 96.7 Å². The largest absolute Gasteiger partial charge is 0.463 e. The summed E-state index contributed by atoms with van der Waals surface area (Å²) in [6.07, 6.45) is 1.57. The van der Waals surface area contributed by atoms with Crippen molar-refractivity contribution in [3.05, 3.63) is 0 Å². The van der Waals surface area contributed by atoms with Gasteiger partial charge in [0, 0.05) is 53.4 Å². The number of carbonyl (C=O) groups is 4. The first-order valence-electron chi connectivity index (χ1n) is 16.9. The van der Waals surface area contributed by atoms with E-state index in [9.17, 15) is 19.2 Å². The van der Waals surface area contributed by atoms with E-state index in [0.29, 0.717) is 0 Å². The van der Waals surface area contributed by atoms with E-state index in [4.69, 9.17) is 47.4 Å². The molecule has 1 N–H and O–H groups in total. The second kappa shape index (κ2) is 14.2. The predicted octanol–water partition coefficient (Wildman–Crippen LogP) is 1.90. The van der Waals surface area contributed by atoms with E-state index in [1.54, 1.807) is 0 Å². The Morgan fingerprint density at radius 1 is 0.638 bits per heavy atom. The number of hydrogen-bond donors (Lipinski definition) is 1. The third kappa shape index (κ3) is 7.61. The number of fused-ring (bicyclic) bond motifs is 3. The van der Waals surface area contributed by atoms with E-state index in [1.165, 1.54) is 27.7 Å². The van der Waals surface area contributed by atoms with Crippen LogP contribution in [0.1, 0.15) is 91.9 Å². The van der Waals surface area contributed by atoms with Crippen molar-refractivity contribution in [1.82, 2.24) is 5.32 Å². The lowest BCUT2D eigenvalue weighted by molar-refractivity contribution is -0.298. The third-order valence-electron chi connectivity index (χ3n) is 9.70. The maximum Gasteiger partial charge on any atom is 0.303 e. The van der Waals surface area contributed by atoms with Crippen LogP contribution in [0.15, 0.2) is 0 Å². The molecule has 0 unspecified atom stereocenters. The van der Waals surface area contributed by atoms with Gasteiger partial charge in [-0.05, 0) is 25.7 Å². The van der Waals surface area contributed by atoms with Crippen molar-refractivity contribution in [2.75, 3.05) is 13.2 Å². The summed E-state index contributed by atoms with van der Waals surface area (Å²) < 4.78 is 61.8. The normalized spacial score (nSPS) is 38.6. The molecule has 0 bridgehead atoms. The number of ether oxygens (including phenoxy) is 10. The van der Waals surface area contributed by atoms with Crippen LogP contribution in [-0.4, -0.2) is 110 Å². The Morgan fingerprint density at radius 2 is 1.21 bits per heavy atom. The number of rotatable bonds is 8. The highest BCUT2D eigenvalue weighted by molar-refractivity contribution is 5.73. The quantitative estimate of drug-likeness (QED) is 0.293. The zero-order chi connectivity index (χ0) is 33.3. The van der Waals surface area contributed by atoms with Gasteiger partial charge in [-0.3, -0.25) is 19.2 Å². The summed E-state index contributed by atoms with van der Waals surface area (Å²) in [4.78, 5) is 48.4. The lowest BCUT2D eigenvalue weighted by Crippen LogP contribution is -2.67. The minimum Gasteiger partial charge on any atom is -0.463 e. The number of hydrogen-bond acceptors (Lipinski definition) is 14. The molecule has 0 aromatic rings. The summed E-state index contributed by atoms with van der Waals surface area (Å²) in [7, 11) is 0. The van der Waals surface area contributed by atoms with Crippen LogP contribution in [0.3, 0.4) is 0 Å². The van der Waals surface area contributed by atoms with Gasteiger partial charge in [0.2, 0.25) is 5.91 Å². The molecule has 264 valence electrons. The van der Waals surface area contributed by atoms with Gasteiger partial charge in [0.25, 0.3) is 0 Å². The second-order valence-corrected chi connectivity index (χ2v) is 13.4. The Kier molecular flexibility index (Phi) is 10.4. The molecule has 47 heavy (non-hydrogen) atoms. The summed E-state index contributed by atoms with van der Waals surface area (Å²) >= 11 is 0. The smallest absolute Gasteiger partial charge is 0.303 e. The van der Waals surface area contributed by atoms with Gasteiger partial charge < -0.3 is 52.7 Å². The van der Waals surface area contributed by atoms with Crippen molar-refractivity contribution in [1.29, 1.82) is 0 Å². The number of esters is 3. The summed E-state index contributed by atoms with van der Waals surface area (Å²) in [5.74, 6) is -3.92. The van der Waals surface area contributed by atoms with Crippen molar-refractivity contribution < 1.29 is 66.5 Å². The number of nitrogens with one attached hydrogen (secondary N) is 1. The van der Waals surface area contributed by atoms with Gasteiger partial charge in [0.05, 0.1) is 6.61 Å². The van der Waals surface area contributed by atoms with Gasteiger partial charge in [-0.1, -0.05) is 12.8 Å². The van der Waals surface area contributed by atoms with Gasteiger partial charge in [0.15, 0.2) is 36.4 Å². The molecule has 6 fully saturated rings. The van der Waals surface area contributed by atoms with Crippen LogP contribution >= 0.6 is 0 Å². The van der Waals surface area contributed by atoms with Crippen LogP contribution in [0.25, 0.3) is 0 Å². The van der Waals surface area contributed by atoms with Crippen LogP contribution in [-0.2, 0) is 66.5 Å². The first-order chi connectivity index (χ1) is 22.5. The van der Waals surface area contributed by atoms with Gasteiger partial charge >= 0.3 is 17.9 Å². The van der Waals surface area contributed by atoms with Crippen molar-refractivity contribution in [2.45, 2.75) is 165 Å². The van der Waals surface area contributed by atoms with E-state index >= 15 is 0 Å². The van der Waals surface area contributed by atoms with Gasteiger partial charge in [0.1, 0.15) is 43.2 Å². The summed E-state index contributed by atoms with van der Waals surface area (Å²) in [5.41, 5.74) is 0. The second-order valence-electron chi connectivity index (χ2n) is 13.4. The molecule has 0 aromatic carbocycles. The van der Waals surface area contributed by atoms with Crippen LogP contribution in [0.4, 0.5) is 0 Å². The fraction of sp³-hybridized carbons (Fsp3) is 0.875. The van der Waals surface area contributed by atoms with Crippen molar-refractivity contribution in [2.24, 2.45) is 0 Å². The van der Waals surface area contributed by atoms with E-state index in [1.807, 2.05) is 0 Å². The molecular weight excluding hydrogens is 622 g/mol. The van der Waals surface area contributed by atoms with Crippen LogP contribution in [0.5, 0.6) is 0 Å². The minimum absolute atomic E-state index is 0.0910. The van der Waals surface area contributed by atoms with Crippen molar-refractivity contribution in [3.63, 3.8) is 0 Å². The summed E-state index contributed by atoms with van der Waals surface area (Å²) in [5, 5.41) is 2.73. The standard InChI is InChI=1S/C32H47NO14/c1-17(34)33-23-26(41-20(4)37)24(40-19(3)36)21(15-38-18(2)35)42-29(23)39-16-22-25-27(45-31(44-25)11-7-5-8-12-31)28-30(43-22)47-32(46-28)13-9-6-10-14-32/h21-30H,5-16H2,1-4H3,(H,33,34)/t21-,22+,23-,24+,25+,26+,27-,28+,29-,30-/m0/s1. The maximum atomic E-state index is 12.4. The molecule has 4 heterocycles. The first-order valence-corrected chi connectivity index (χ1v) is 16.9. The lowest BCUT2D eigenvalue weighted by atomic mass is 9.94. The molecule has 4 aliphatic heterocycles. The lowest BCUT2D eigenvalue weighted by Gasteiger charge is -2.45. The van der Waals surface area contributed by atoms with E-state index in [-0.39, 0.29) is 13.2 Å². The Hall–Kier alpha value is -2.40.